The van der Waals surface area contributed by atoms with Gasteiger partial charge >= 0.3 is 0 Å². The smallest absolute Gasteiger partial charge is 0.110 e. The van der Waals surface area contributed by atoms with Crippen LogP contribution in [0.5, 0.6) is 0 Å². The average Bonchev–Trinajstić information content (AvgIpc) is 3.15. The standard InChI is InChI=1S/C27H48O6/c1-25(2)13-27(20-17(25)9-15(11-28)16(12-29)22(20)31-6)14-26(3,4)18-10-19(30-5)23(32-7)24(33-8)21(18)27/h15-24,28-29H,9-14H2,1-8H3. The zero-order chi connectivity index (χ0) is 24.3. The minimum Gasteiger partial charge on any atom is -0.396 e. The Balaban J connectivity index is 1.86. The van der Waals surface area contributed by atoms with Gasteiger partial charge in [-0.15, -0.1) is 0 Å². The van der Waals surface area contributed by atoms with Gasteiger partial charge in [0.05, 0.1) is 18.3 Å². The molecule has 0 heterocycles. The summed E-state index contributed by atoms with van der Waals surface area (Å²) in [7, 11) is 7.20. The molecule has 4 saturated carbocycles. The molecule has 6 heteroatoms. The SMILES string of the molecule is COC1CC2C(C(OC)C1OC)C1(CC(C)(C)C3CC(CO)C(CO)C(OC)C31)CC2(C)C. The highest BCUT2D eigenvalue weighted by molar-refractivity contribution is 5.21. The zero-order valence-electron chi connectivity index (χ0n) is 22.0. The highest BCUT2D eigenvalue weighted by Gasteiger charge is 2.73. The van der Waals surface area contributed by atoms with E-state index in [9.17, 15) is 10.2 Å². The lowest BCUT2D eigenvalue weighted by atomic mass is 9.55. The van der Waals surface area contributed by atoms with Crippen molar-refractivity contribution in [3.05, 3.63) is 0 Å². The van der Waals surface area contributed by atoms with Gasteiger partial charge in [-0.1, -0.05) is 27.7 Å². The maximum Gasteiger partial charge on any atom is 0.110 e. The van der Waals surface area contributed by atoms with Gasteiger partial charge in [-0.25, -0.2) is 0 Å². The third kappa shape index (κ3) is 3.65. The Morgan fingerprint density at radius 3 is 1.64 bits per heavy atom. The van der Waals surface area contributed by atoms with Crippen LogP contribution < -0.4 is 0 Å². The number of aliphatic hydroxyl groups is 2. The molecule has 11 atom stereocenters. The first-order chi connectivity index (χ1) is 15.6. The Hall–Kier alpha value is -0.240. The average molecular weight is 469 g/mol. The molecule has 192 valence electrons. The fraction of sp³-hybridized carbons (Fsp3) is 1.00. The van der Waals surface area contributed by atoms with Crippen molar-refractivity contribution < 1.29 is 29.2 Å². The van der Waals surface area contributed by atoms with Gasteiger partial charge in [-0.2, -0.15) is 0 Å². The Labute approximate surface area is 200 Å². The third-order valence-electron chi connectivity index (χ3n) is 10.8. The van der Waals surface area contributed by atoms with Gasteiger partial charge < -0.3 is 29.2 Å². The van der Waals surface area contributed by atoms with E-state index in [1.54, 1.807) is 21.3 Å². The Kier molecular flexibility index (Phi) is 7.05. The van der Waals surface area contributed by atoms with E-state index in [0.717, 1.165) is 25.7 Å². The number of fused-ring (bicyclic) bond motifs is 4. The molecule has 0 aromatic rings. The summed E-state index contributed by atoms with van der Waals surface area (Å²) >= 11 is 0. The molecule has 0 aromatic heterocycles. The maximum absolute atomic E-state index is 10.4. The third-order valence-corrected chi connectivity index (χ3v) is 10.8. The molecule has 0 radical (unpaired) electrons. The van der Waals surface area contributed by atoms with Crippen molar-refractivity contribution in [2.24, 2.45) is 51.8 Å². The number of ether oxygens (including phenoxy) is 4. The molecule has 33 heavy (non-hydrogen) atoms. The van der Waals surface area contributed by atoms with Crippen LogP contribution in [-0.4, -0.2) is 76.3 Å². The van der Waals surface area contributed by atoms with Crippen molar-refractivity contribution in [2.45, 2.75) is 77.8 Å². The topological polar surface area (TPSA) is 77.4 Å². The van der Waals surface area contributed by atoms with Crippen LogP contribution in [0.25, 0.3) is 0 Å². The van der Waals surface area contributed by atoms with E-state index in [2.05, 4.69) is 27.7 Å². The molecule has 0 saturated heterocycles. The van der Waals surface area contributed by atoms with Gasteiger partial charge in [0.15, 0.2) is 0 Å². The summed E-state index contributed by atoms with van der Waals surface area (Å²) in [6.07, 6.45) is 3.97. The lowest BCUT2D eigenvalue weighted by Crippen LogP contribution is -2.59. The first-order valence-corrected chi connectivity index (χ1v) is 12.9. The first kappa shape index (κ1) is 25.8. The normalized spacial score (nSPS) is 50.4. The molecule has 0 aliphatic heterocycles. The summed E-state index contributed by atoms with van der Waals surface area (Å²) in [4.78, 5) is 0. The van der Waals surface area contributed by atoms with Gasteiger partial charge in [0.2, 0.25) is 0 Å². The Morgan fingerprint density at radius 1 is 0.667 bits per heavy atom. The molecule has 4 aliphatic carbocycles. The molecule has 4 rings (SSSR count). The molecule has 11 unspecified atom stereocenters. The maximum atomic E-state index is 10.4. The Bertz CT molecular complexity index is 634. The molecule has 0 amide bonds. The van der Waals surface area contributed by atoms with Crippen LogP contribution in [0.15, 0.2) is 0 Å². The van der Waals surface area contributed by atoms with Crippen LogP contribution >= 0.6 is 0 Å². The minimum atomic E-state index is -0.0994. The molecule has 4 fully saturated rings. The van der Waals surface area contributed by atoms with Crippen LogP contribution in [0.3, 0.4) is 0 Å². The highest BCUT2D eigenvalue weighted by Crippen LogP contribution is 2.76. The fourth-order valence-corrected chi connectivity index (χ4v) is 9.95. The van der Waals surface area contributed by atoms with Gasteiger partial charge in [0.25, 0.3) is 0 Å². The van der Waals surface area contributed by atoms with E-state index < -0.39 is 0 Å². The molecule has 0 aromatic carbocycles. The van der Waals surface area contributed by atoms with Gasteiger partial charge in [0, 0.05) is 47.6 Å². The predicted molar refractivity (Wildman–Crippen MR) is 127 cm³/mol. The number of methoxy groups -OCH3 is 4. The summed E-state index contributed by atoms with van der Waals surface area (Å²) in [6.45, 7) is 9.85. The van der Waals surface area contributed by atoms with E-state index in [4.69, 9.17) is 18.9 Å². The summed E-state index contributed by atoms with van der Waals surface area (Å²) in [5.74, 6) is 1.61. The van der Waals surface area contributed by atoms with Crippen molar-refractivity contribution in [1.29, 1.82) is 0 Å². The van der Waals surface area contributed by atoms with E-state index in [-0.39, 0.29) is 65.7 Å². The first-order valence-electron chi connectivity index (χ1n) is 12.9. The molecule has 6 nitrogen and oxygen atoms in total. The number of aliphatic hydroxyl groups excluding tert-OH is 2. The van der Waals surface area contributed by atoms with E-state index in [1.807, 2.05) is 7.11 Å². The Morgan fingerprint density at radius 2 is 1.18 bits per heavy atom. The van der Waals surface area contributed by atoms with Gasteiger partial charge in [-0.3, -0.25) is 0 Å². The van der Waals surface area contributed by atoms with Crippen molar-refractivity contribution in [3.63, 3.8) is 0 Å². The molecular weight excluding hydrogens is 420 g/mol. The second-order valence-electron chi connectivity index (χ2n) is 13.0. The fourth-order valence-electron chi connectivity index (χ4n) is 9.95. The summed E-state index contributed by atoms with van der Waals surface area (Å²) in [5, 5.41) is 20.6. The van der Waals surface area contributed by atoms with E-state index in [1.165, 1.54) is 0 Å². The second-order valence-corrected chi connectivity index (χ2v) is 13.0. The summed E-state index contributed by atoms with van der Waals surface area (Å²) < 4.78 is 24.5. The number of hydrogen-bond acceptors (Lipinski definition) is 6. The van der Waals surface area contributed by atoms with Crippen LogP contribution in [0.1, 0.15) is 53.4 Å². The quantitative estimate of drug-likeness (QED) is 0.622. The number of hydrogen-bond donors (Lipinski definition) is 2. The van der Waals surface area contributed by atoms with Crippen molar-refractivity contribution in [1.82, 2.24) is 0 Å². The van der Waals surface area contributed by atoms with Crippen LogP contribution in [0.2, 0.25) is 0 Å². The highest BCUT2D eigenvalue weighted by atomic mass is 16.6. The van der Waals surface area contributed by atoms with Crippen LogP contribution in [0.4, 0.5) is 0 Å². The predicted octanol–water partition coefficient (Wildman–Crippen LogP) is 3.38. The van der Waals surface area contributed by atoms with Crippen molar-refractivity contribution >= 4 is 0 Å². The van der Waals surface area contributed by atoms with Crippen molar-refractivity contribution in [2.75, 3.05) is 41.7 Å². The largest absolute Gasteiger partial charge is 0.396 e. The lowest BCUT2D eigenvalue weighted by Gasteiger charge is -2.54. The van der Waals surface area contributed by atoms with Crippen LogP contribution in [-0.2, 0) is 18.9 Å². The summed E-state index contributed by atoms with van der Waals surface area (Å²) in [5.41, 5.74) is 0.301. The molecule has 1 spiro atoms. The minimum absolute atomic E-state index is 0.0226. The van der Waals surface area contributed by atoms with Crippen LogP contribution in [0, 0.1) is 51.8 Å². The zero-order valence-corrected chi connectivity index (χ0v) is 22.0. The van der Waals surface area contributed by atoms with Crippen molar-refractivity contribution in [3.8, 4) is 0 Å². The second kappa shape index (κ2) is 9.01. The number of rotatable bonds is 6. The van der Waals surface area contributed by atoms with Gasteiger partial charge in [0.1, 0.15) is 6.10 Å². The lowest BCUT2D eigenvalue weighted by molar-refractivity contribution is -0.197. The molecular formula is C27H48O6. The monoisotopic (exact) mass is 468 g/mol. The summed E-state index contributed by atoms with van der Waals surface area (Å²) in [6, 6.07) is 0. The van der Waals surface area contributed by atoms with E-state index >= 15 is 0 Å². The molecule has 2 N–H and O–H groups in total. The van der Waals surface area contributed by atoms with E-state index in [0.29, 0.717) is 23.7 Å². The molecule has 4 aliphatic rings. The van der Waals surface area contributed by atoms with Gasteiger partial charge in [-0.05, 0) is 71.5 Å². The molecule has 0 bridgehead atoms.